The number of para-hydroxylation sites is 1. The molecule has 26 heavy (non-hydrogen) atoms. The van der Waals surface area contributed by atoms with E-state index in [0.29, 0.717) is 11.8 Å². The van der Waals surface area contributed by atoms with Crippen LogP contribution in [0.25, 0.3) is 0 Å². The van der Waals surface area contributed by atoms with E-state index in [4.69, 9.17) is 4.74 Å². The fourth-order valence-electron chi connectivity index (χ4n) is 3.16. The van der Waals surface area contributed by atoms with Crippen molar-refractivity contribution in [3.05, 3.63) is 54.1 Å². The minimum absolute atomic E-state index is 0.156. The van der Waals surface area contributed by atoms with E-state index in [1.807, 2.05) is 60.1 Å². The number of carbonyl (C=O) groups excluding carboxylic acids is 1. The molecule has 5 heteroatoms. The molecular formula is C21H26N2O2S. The minimum atomic E-state index is 0.156. The van der Waals surface area contributed by atoms with Gasteiger partial charge in [0.25, 0.3) is 0 Å². The zero-order valence-electron chi connectivity index (χ0n) is 15.6. The first-order chi connectivity index (χ1) is 12.6. The Balaban J connectivity index is 1.66. The maximum absolute atomic E-state index is 13.0. The Morgan fingerprint density at radius 2 is 1.96 bits per heavy atom. The molecule has 0 aromatic heterocycles. The molecule has 0 radical (unpaired) electrons. The molecule has 3 rings (SSSR count). The van der Waals surface area contributed by atoms with Crippen LogP contribution in [0, 0.1) is 0 Å². The van der Waals surface area contributed by atoms with Crippen LogP contribution in [0.2, 0.25) is 0 Å². The quantitative estimate of drug-likeness (QED) is 0.795. The van der Waals surface area contributed by atoms with Gasteiger partial charge in [-0.2, -0.15) is 0 Å². The summed E-state index contributed by atoms with van der Waals surface area (Å²) < 4.78 is 5.20. The lowest BCUT2D eigenvalue weighted by Gasteiger charge is -2.25. The highest BCUT2D eigenvalue weighted by atomic mass is 32.2. The van der Waals surface area contributed by atoms with Crippen molar-refractivity contribution >= 4 is 23.4 Å². The molecule has 0 aliphatic carbocycles. The van der Waals surface area contributed by atoms with Crippen LogP contribution in [0.15, 0.2) is 53.4 Å². The molecule has 1 aliphatic rings. The van der Waals surface area contributed by atoms with Crippen LogP contribution in [0.4, 0.5) is 5.69 Å². The van der Waals surface area contributed by atoms with Crippen molar-refractivity contribution in [2.45, 2.75) is 30.0 Å². The second-order valence-corrected chi connectivity index (χ2v) is 8.23. The number of amides is 1. The number of ether oxygens (including phenoxy) is 1. The second-order valence-electron chi connectivity index (χ2n) is 6.75. The van der Waals surface area contributed by atoms with E-state index in [-0.39, 0.29) is 5.91 Å². The van der Waals surface area contributed by atoms with Crippen LogP contribution in [0.1, 0.15) is 18.9 Å². The van der Waals surface area contributed by atoms with Crippen LogP contribution >= 0.6 is 11.8 Å². The maximum Gasteiger partial charge on any atom is 0.241 e. The van der Waals surface area contributed by atoms with E-state index < -0.39 is 0 Å². The molecular weight excluding hydrogens is 344 g/mol. The number of hydrogen-bond acceptors (Lipinski definition) is 4. The summed E-state index contributed by atoms with van der Waals surface area (Å²) in [4.78, 5) is 18.2. The summed E-state index contributed by atoms with van der Waals surface area (Å²) in [7, 11) is 3.65. The average molecular weight is 371 g/mol. The lowest BCUT2D eigenvalue weighted by molar-refractivity contribution is -0.119. The van der Waals surface area contributed by atoms with Crippen LogP contribution in [0.3, 0.4) is 0 Å². The minimum Gasteiger partial charge on any atom is -0.497 e. The molecule has 0 saturated heterocycles. The van der Waals surface area contributed by atoms with Crippen LogP contribution in [-0.4, -0.2) is 43.3 Å². The van der Waals surface area contributed by atoms with Crippen LogP contribution in [0.5, 0.6) is 5.75 Å². The maximum atomic E-state index is 13.0. The van der Waals surface area contributed by atoms with Crippen molar-refractivity contribution in [3.63, 3.8) is 0 Å². The first-order valence-electron chi connectivity index (χ1n) is 8.94. The molecule has 1 aliphatic heterocycles. The molecule has 0 saturated carbocycles. The molecule has 2 aromatic rings. The Labute approximate surface area is 160 Å². The van der Waals surface area contributed by atoms with Gasteiger partial charge in [-0.1, -0.05) is 31.2 Å². The Kier molecular flexibility index (Phi) is 6.22. The van der Waals surface area contributed by atoms with E-state index in [1.165, 1.54) is 10.5 Å². The highest BCUT2D eigenvalue weighted by Gasteiger charge is 2.24. The van der Waals surface area contributed by atoms with Gasteiger partial charge in [-0.15, -0.1) is 11.8 Å². The number of thioether (sulfide) groups is 1. The first-order valence-corrected chi connectivity index (χ1v) is 9.82. The SMILES string of the molecule is COc1ccc(CN(C)CC(=O)N2CC[C@H](C)Sc3ccccc32)cc1. The third-order valence-corrected chi connectivity index (χ3v) is 5.80. The molecule has 2 aromatic carbocycles. The van der Waals surface area contributed by atoms with Gasteiger partial charge in [-0.3, -0.25) is 9.69 Å². The first kappa shape index (κ1) is 18.8. The van der Waals surface area contributed by atoms with Gasteiger partial charge in [0, 0.05) is 23.2 Å². The lowest BCUT2D eigenvalue weighted by Crippen LogP contribution is -2.39. The molecule has 138 valence electrons. The van der Waals surface area contributed by atoms with Crippen molar-refractivity contribution in [2.24, 2.45) is 0 Å². The Bertz CT molecular complexity index is 748. The summed E-state index contributed by atoms with van der Waals surface area (Å²) in [5, 5.41) is 0.519. The zero-order chi connectivity index (χ0) is 18.5. The molecule has 0 fully saturated rings. The zero-order valence-corrected chi connectivity index (χ0v) is 16.5. The third kappa shape index (κ3) is 4.59. The molecule has 1 amide bonds. The fraction of sp³-hybridized carbons (Fsp3) is 0.381. The molecule has 1 atom stereocenters. The van der Waals surface area contributed by atoms with Gasteiger partial charge in [0.15, 0.2) is 0 Å². The number of benzene rings is 2. The topological polar surface area (TPSA) is 32.8 Å². The van der Waals surface area contributed by atoms with Crippen molar-refractivity contribution in [3.8, 4) is 5.75 Å². The molecule has 4 nitrogen and oxygen atoms in total. The van der Waals surface area contributed by atoms with Crippen LogP contribution < -0.4 is 9.64 Å². The number of anilines is 1. The van der Waals surface area contributed by atoms with Gasteiger partial charge in [-0.05, 0) is 43.3 Å². The van der Waals surface area contributed by atoms with E-state index in [0.717, 1.165) is 30.9 Å². The Hall–Kier alpha value is -1.98. The molecule has 0 N–H and O–H groups in total. The van der Waals surface area contributed by atoms with Gasteiger partial charge in [0.05, 0.1) is 19.3 Å². The summed E-state index contributed by atoms with van der Waals surface area (Å²) in [5.41, 5.74) is 2.21. The predicted molar refractivity (Wildman–Crippen MR) is 108 cm³/mol. The Morgan fingerprint density at radius 1 is 1.23 bits per heavy atom. The van der Waals surface area contributed by atoms with Gasteiger partial charge in [0.1, 0.15) is 5.75 Å². The summed E-state index contributed by atoms with van der Waals surface area (Å²) in [6.45, 7) is 4.14. The number of likely N-dealkylation sites (N-methyl/N-ethyl adjacent to an activating group) is 1. The number of carbonyl (C=O) groups is 1. The average Bonchev–Trinajstić information content (AvgIpc) is 2.80. The molecule has 0 bridgehead atoms. The summed E-state index contributed by atoms with van der Waals surface area (Å²) >= 11 is 1.86. The van der Waals surface area contributed by atoms with Crippen LogP contribution in [-0.2, 0) is 11.3 Å². The molecule has 1 heterocycles. The Morgan fingerprint density at radius 3 is 2.69 bits per heavy atom. The smallest absolute Gasteiger partial charge is 0.241 e. The molecule has 0 unspecified atom stereocenters. The van der Waals surface area contributed by atoms with Crippen molar-refractivity contribution < 1.29 is 9.53 Å². The van der Waals surface area contributed by atoms with Gasteiger partial charge < -0.3 is 9.64 Å². The number of hydrogen-bond donors (Lipinski definition) is 0. The fourth-order valence-corrected chi connectivity index (χ4v) is 4.27. The second kappa shape index (κ2) is 8.60. The summed E-state index contributed by atoms with van der Waals surface area (Å²) in [6.07, 6.45) is 1.01. The normalized spacial score (nSPS) is 16.9. The molecule has 0 spiro atoms. The van der Waals surface area contributed by atoms with Gasteiger partial charge in [-0.25, -0.2) is 0 Å². The summed E-state index contributed by atoms with van der Waals surface area (Å²) in [6, 6.07) is 16.2. The monoisotopic (exact) mass is 370 g/mol. The third-order valence-electron chi connectivity index (χ3n) is 4.56. The number of fused-ring (bicyclic) bond motifs is 1. The number of methoxy groups -OCH3 is 1. The van der Waals surface area contributed by atoms with E-state index in [2.05, 4.69) is 24.0 Å². The summed E-state index contributed by atoms with van der Waals surface area (Å²) in [5.74, 6) is 1.00. The van der Waals surface area contributed by atoms with E-state index in [9.17, 15) is 4.79 Å². The number of nitrogens with zero attached hydrogens (tertiary/aromatic N) is 2. The van der Waals surface area contributed by atoms with Crippen molar-refractivity contribution in [1.29, 1.82) is 0 Å². The standard InChI is InChI=1S/C21H26N2O2S/c1-16-12-13-23(19-6-4-5-7-20(19)26-16)21(24)15-22(2)14-17-8-10-18(25-3)11-9-17/h4-11,16H,12-15H2,1-3H3/t16-/m0/s1. The van der Waals surface area contributed by atoms with E-state index in [1.54, 1.807) is 7.11 Å². The predicted octanol–water partition coefficient (Wildman–Crippen LogP) is 4.04. The van der Waals surface area contributed by atoms with Gasteiger partial charge >= 0.3 is 0 Å². The highest BCUT2D eigenvalue weighted by Crippen LogP contribution is 2.37. The highest BCUT2D eigenvalue weighted by molar-refractivity contribution is 8.00. The van der Waals surface area contributed by atoms with Crippen molar-refractivity contribution in [1.82, 2.24) is 4.90 Å². The van der Waals surface area contributed by atoms with Gasteiger partial charge in [0.2, 0.25) is 5.91 Å². The van der Waals surface area contributed by atoms with Crippen molar-refractivity contribution in [2.75, 3.05) is 32.1 Å². The lowest BCUT2D eigenvalue weighted by atomic mass is 10.2. The number of rotatable bonds is 5. The van der Waals surface area contributed by atoms with E-state index >= 15 is 0 Å². The largest absolute Gasteiger partial charge is 0.497 e.